The molecule has 1 heterocycles. The van der Waals surface area contributed by atoms with Crippen molar-refractivity contribution in [3.8, 4) is 0 Å². The Labute approximate surface area is 95.9 Å². The van der Waals surface area contributed by atoms with Crippen molar-refractivity contribution in [2.24, 2.45) is 0 Å². The van der Waals surface area contributed by atoms with Crippen LogP contribution in [-0.4, -0.2) is 4.98 Å². The molecule has 0 aliphatic carbocycles. The van der Waals surface area contributed by atoms with Crippen molar-refractivity contribution in [1.29, 1.82) is 0 Å². The fourth-order valence-corrected chi connectivity index (χ4v) is 2.32. The minimum absolute atomic E-state index is 1.02. The molecule has 0 unspecified atom stereocenters. The summed E-state index contributed by atoms with van der Waals surface area (Å²) in [5, 5.41) is 3.63. The second kappa shape index (κ2) is 3.31. The molecule has 1 aromatic heterocycles. The molecule has 3 aromatic rings. The highest BCUT2D eigenvalue weighted by molar-refractivity contribution is 9.10. The van der Waals surface area contributed by atoms with Gasteiger partial charge in [0.05, 0.1) is 5.52 Å². The first-order valence-corrected chi connectivity index (χ1v) is 5.57. The fourth-order valence-electron chi connectivity index (χ4n) is 1.85. The van der Waals surface area contributed by atoms with Crippen molar-refractivity contribution >= 4 is 37.6 Å². The van der Waals surface area contributed by atoms with Crippen molar-refractivity contribution in [2.75, 3.05) is 0 Å². The van der Waals surface area contributed by atoms with E-state index in [1.807, 2.05) is 24.4 Å². The number of nitrogens with zero attached hydrogens (tertiary/aromatic N) is 1. The minimum atomic E-state index is 1.02. The Morgan fingerprint density at radius 2 is 1.67 bits per heavy atom. The first-order chi connectivity index (χ1) is 7.36. The molecule has 0 amide bonds. The summed E-state index contributed by atoms with van der Waals surface area (Å²) in [5.74, 6) is 0. The van der Waals surface area contributed by atoms with E-state index >= 15 is 0 Å². The number of halogens is 1. The van der Waals surface area contributed by atoms with Gasteiger partial charge in [-0.25, -0.2) is 0 Å². The van der Waals surface area contributed by atoms with Gasteiger partial charge in [0, 0.05) is 21.4 Å². The van der Waals surface area contributed by atoms with Gasteiger partial charge in [0.2, 0.25) is 0 Å². The first kappa shape index (κ1) is 8.86. The summed E-state index contributed by atoms with van der Waals surface area (Å²) in [6.45, 7) is 0. The third-order valence-corrected chi connectivity index (χ3v) is 3.21. The summed E-state index contributed by atoms with van der Waals surface area (Å²) < 4.78 is 1.05. The smallest absolute Gasteiger partial charge is 0.0850 e. The van der Waals surface area contributed by atoms with Crippen molar-refractivity contribution in [2.45, 2.75) is 0 Å². The Hall–Kier alpha value is -1.41. The Bertz CT molecular complexity index is 646. The maximum atomic E-state index is 4.46. The van der Waals surface area contributed by atoms with Crippen LogP contribution in [0.15, 0.2) is 53.1 Å². The van der Waals surface area contributed by atoms with Crippen molar-refractivity contribution < 1.29 is 0 Å². The predicted molar refractivity (Wildman–Crippen MR) is 66.9 cm³/mol. The fraction of sp³-hybridized carbons (Fsp3) is 0. The summed E-state index contributed by atoms with van der Waals surface area (Å²) >= 11 is 3.52. The lowest BCUT2D eigenvalue weighted by atomic mass is 10.1. The molecule has 0 fully saturated rings. The molecular weight excluding hydrogens is 250 g/mol. The second-order valence-corrected chi connectivity index (χ2v) is 4.34. The van der Waals surface area contributed by atoms with Crippen LogP contribution in [0.1, 0.15) is 0 Å². The number of pyridine rings is 1. The minimum Gasteiger partial charge on any atom is -0.254 e. The lowest BCUT2D eigenvalue weighted by Gasteiger charge is -2.03. The van der Waals surface area contributed by atoms with E-state index in [2.05, 4.69) is 45.2 Å². The van der Waals surface area contributed by atoms with Crippen molar-refractivity contribution in [3.05, 3.63) is 53.1 Å². The molecule has 0 N–H and O–H groups in total. The normalized spacial score (nSPS) is 11.0. The lowest BCUT2D eigenvalue weighted by molar-refractivity contribution is 1.43. The summed E-state index contributed by atoms with van der Waals surface area (Å²) in [4.78, 5) is 4.46. The van der Waals surface area contributed by atoms with Gasteiger partial charge in [-0.1, -0.05) is 36.4 Å². The topological polar surface area (TPSA) is 12.9 Å². The van der Waals surface area contributed by atoms with Gasteiger partial charge in [-0.2, -0.15) is 0 Å². The maximum absolute atomic E-state index is 4.46. The number of hydrogen-bond acceptors (Lipinski definition) is 1. The van der Waals surface area contributed by atoms with Crippen LogP contribution in [0.5, 0.6) is 0 Å². The van der Waals surface area contributed by atoms with Crippen LogP contribution < -0.4 is 0 Å². The van der Waals surface area contributed by atoms with E-state index in [-0.39, 0.29) is 0 Å². The van der Waals surface area contributed by atoms with Crippen molar-refractivity contribution in [3.63, 3.8) is 0 Å². The largest absolute Gasteiger partial charge is 0.254 e. The molecule has 0 radical (unpaired) electrons. The van der Waals surface area contributed by atoms with E-state index < -0.39 is 0 Å². The average molecular weight is 258 g/mol. The van der Waals surface area contributed by atoms with Crippen LogP contribution in [0, 0.1) is 0 Å². The molecule has 2 aromatic carbocycles. The van der Waals surface area contributed by atoms with Crippen LogP contribution in [0.25, 0.3) is 21.7 Å². The molecular formula is C13H8BrN. The van der Waals surface area contributed by atoms with Gasteiger partial charge in [0.1, 0.15) is 0 Å². The molecule has 0 spiro atoms. The number of hydrogen-bond donors (Lipinski definition) is 0. The Morgan fingerprint density at radius 1 is 0.867 bits per heavy atom. The number of benzene rings is 2. The highest BCUT2D eigenvalue weighted by Crippen LogP contribution is 2.27. The highest BCUT2D eigenvalue weighted by Gasteiger charge is 2.02. The van der Waals surface area contributed by atoms with Crippen LogP contribution in [0.4, 0.5) is 0 Å². The summed E-state index contributed by atoms with van der Waals surface area (Å²) in [7, 11) is 0. The molecule has 0 aliphatic rings. The van der Waals surface area contributed by atoms with Gasteiger partial charge < -0.3 is 0 Å². The SMILES string of the molecule is Brc1cccc2c1ncc1ccccc12. The molecule has 72 valence electrons. The van der Waals surface area contributed by atoms with E-state index in [0.29, 0.717) is 0 Å². The molecule has 0 saturated heterocycles. The van der Waals surface area contributed by atoms with Crippen LogP contribution >= 0.6 is 15.9 Å². The van der Waals surface area contributed by atoms with E-state index in [9.17, 15) is 0 Å². The van der Waals surface area contributed by atoms with Crippen LogP contribution in [0.3, 0.4) is 0 Å². The average Bonchev–Trinajstić information content (AvgIpc) is 2.29. The first-order valence-electron chi connectivity index (χ1n) is 4.78. The van der Waals surface area contributed by atoms with Gasteiger partial charge >= 0.3 is 0 Å². The number of fused-ring (bicyclic) bond motifs is 3. The monoisotopic (exact) mass is 257 g/mol. The number of aromatic nitrogens is 1. The molecule has 0 bridgehead atoms. The van der Waals surface area contributed by atoms with E-state index in [0.717, 1.165) is 9.99 Å². The quantitative estimate of drug-likeness (QED) is 0.552. The Morgan fingerprint density at radius 3 is 2.60 bits per heavy atom. The molecule has 0 atom stereocenters. The molecule has 3 rings (SSSR count). The molecule has 2 heteroatoms. The van der Waals surface area contributed by atoms with E-state index in [1.54, 1.807) is 0 Å². The lowest BCUT2D eigenvalue weighted by Crippen LogP contribution is -1.82. The second-order valence-electron chi connectivity index (χ2n) is 3.48. The highest BCUT2D eigenvalue weighted by atomic mass is 79.9. The Balaban J connectivity index is 2.60. The predicted octanol–water partition coefficient (Wildman–Crippen LogP) is 4.15. The zero-order chi connectivity index (χ0) is 10.3. The van der Waals surface area contributed by atoms with E-state index in [1.165, 1.54) is 16.2 Å². The summed E-state index contributed by atoms with van der Waals surface area (Å²) in [6.07, 6.45) is 1.92. The van der Waals surface area contributed by atoms with Gasteiger partial charge in [-0.05, 0) is 27.4 Å². The molecule has 1 nitrogen and oxygen atoms in total. The van der Waals surface area contributed by atoms with Gasteiger partial charge in [-0.3, -0.25) is 4.98 Å². The van der Waals surface area contributed by atoms with Gasteiger partial charge in [-0.15, -0.1) is 0 Å². The van der Waals surface area contributed by atoms with Crippen LogP contribution in [0.2, 0.25) is 0 Å². The molecule has 15 heavy (non-hydrogen) atoms. The molecule has 0 saturated carbocycles. The number of rotatable bonds is 0. The zero-order valence-electron chi connectivity index (χ0n) is 7.94. The van der Waals surface area contributed by atoms with Crippen LogP contribution in [-0.2, 0) is 0 Å². The van der Waals surface area contributed by atoms with Crippen molar-refractivity contribution in [1.82, 2.24) is 4.98 Å². The zero-order valence-corrected chi connectivity index (χ0v) is 9.53. The third-order valence-electron chi connectivity index (χ3n) is 2.57. The molecule has 0 aliphatic heterocycles. The standard InChI is InChI=1S/C13H8BrN/c14-12-7-3-6-11-10-5-2-1-4-9(10)8-15-13(11)12/h1-8H. The third kappa shape index (κ3) is 1.33. The summed E-state index contributed by atoms with van der Waals surface area (Å²) in [6, 6.07) is 14.5. The summed E-state index contributed by atoms with van der Waals surface area (Å²) in [5.41, 5.74) is 1.02. The van der Waals surface area contributed by atoms with E-state index in [4.69, 9.17) is 0 Å². The van der Waals surface area contributed by atoms with Gasteiger partial charge in [0.25, 0.3) is 0 Å². The number of para-hydroxylation sites is 1. The van der Waals surface area contributed by atoms with Gasteiger partial charge in [0.15, 0.2) is 0 Å². The maximum Gasteiger partial charge on any atom is 0.0850 e. The Kier molecular flexibility index (Phi) is 1.96.